The minimum absolute atomic E-state index is 0.0173. The number of hydrogen-bond acceptors (Lipinski definition) is 4. The molecule has 0 aromatic carbocycles. The zero-order chi connectivity index (χ0) is 12.0. The van der Waals surface area contributed by atoms with Crippen molar-refractivity contribution in [3.8, 4) is 0 Å². The molecule has 0 saturated heterocycles. The van der Waals surface area contributed by atoms with Crippen LogP contribution in [-0.2, 0) is 23.0 Å². The fourth-order valence-electron chi connectivity index (χ4n) is 1.13. The fraction of sp³-hybridized carbons (Fsp3) is 0.667. The van der Waals surface area contributed by atoms with Gasteiger partial charge in [-0.25, -0.2) is 8.78 Å². The second-order valence-corrected chi connectivity index (χ2v) is 3.32. The van der Waals surface area contributed by atoms with Crippen molar-refractivity contribution in [2.45, 2.75) is 19.3 Å². The summed E-state index contributed by atoms with van der Waals surface area (Å²) in [6.07, 6.45) is -0.581. The van der Waals surface area contributed by atoms with E-state index in [0.29, 0.717) is 5.69 Å². The first-order valence-corrected chi connectivity index (χ1v) is 4.80. The molecule has 0 spiro atoms. The molecule has 0 N–H and O–H groups in total. The number of aryl methyl sites for hydroxylation is 1. The highest BCUT2D eigenvalue weighted by Crippen LogP contribution is 1.98. The second kappa shape index (κ2) is 6.26. The molecule has 0 aliphatic rings. The predicted octanol–water partition coefficient (Wildman–Crippen LogP) is 0.598. The lowest BCUT2D eigenvalue weighted by molar-refractivity contribution is -0.119. The maximum absolute atomic E-state index is 11.7. The van der Waals surface area contributed by atoms with Crippen LogP contribution < -0.4 is 0 Å². The van der Waals surface area contributed by atoms with Crippen molar-refractivity contribution in [3.05, 3.63) is 11.9 Å². The highest BCUT2D eigenvalue weighted by molar-refractivity contribution is 5.80. The van der Waals surface area contributed by atoms with Crippen molar-refractivity contribution >= 4 is 5.78 Å². The molecule has 0 aliphatic heterocycles. The topological polar surface area (TPSA) is 57.0 Å². The number of halogens is 2. The Morgan fingerprint density at radius 3 is 2.94 bits per heavy atom. The van der Waals surface area contributed by atoms with Crippen molar-refractivity contribution in [2.75, 3.05) is 13.2 Å². The van der Waals surface area contributed by atoms with Gasteiger partial charge in [-0.15, -0.1) is 5.10 Å². The molecule has 0 saturated carbocycles. The molecule has 90 valence electrons. The second-order valence-electron chi connectivity index (χ2n) is 3.32. The number of ketones is 1. The van der Waals surface area contributed by atoms with Crippen LogP contribution in [0.3, 0.4) is 0 Å². The maximum atomic E-state index is 11.7. The molecule has 0 unspecified atom stereocenters. The van der Waals surface area contributed by atoms with E-state index in [2.05, 4.69) is 15.0 Å². The number of carbonyl (C=O) groups is 1. The minimum atomic E-state index is -2.49. The zero-order valence-corrected chi connectivity index (χ0v) is 8.90. The van der Waals surface area contributed by atoms with Gasteiger partial charge in [-0.05, 0) is 0 Å². The summed E-state index contributed by atoms with van der Waals surface area (Å²) < 4.78 is 29.4. The summed E-state index contributed by atoms with van der Waals surface area (Å²) in [6, 6.07) is 0. The van der Waals surface area contributed by atoms with Gasteiger partial charge in [-0.3, -0.25) is 9.48 Å². The van der Waals surface area contributed by atoms with Crippen molar-refractivity contribution in [3.63, 3.8) is 0 Å². The van der Waals surface area contributed by atoms with E-state index in [0.717, 1.165) is 0 Å². The monoisotopic (exact) mass is 233 g/mol. The minimum Gasteiger partial charge on any atom is -0.375 e. The third-order valence-electron chi connectivity index (χ3n) is 1.80. The molecule has 0 bridgehead atoms. The summed E-state index contributed by atoms with van der Waals surface area (Å²) in [5.41, 5.74) is 0.571. The average molecular weight is 233 g/mol. The zero-order valence-electron chi connectivity index (χ0n) is 8.90. The first-order valence-electron chi connectivity index (χ1n) is 4.80. The first kappa shape index (κ1) is 12.7. The first-order chi connectivity index (χ1) is 7.58. The van der Waals surface area contributed by atoms with Crippen LogP contribution in [0.4, 0.5) is 8.78 Å². The lowest BCUT2D eigenvalue weighted by Crippen LogP contribution is -2.11. The molecular weight excluding hydrogens is 220 g/mol. The van der Waals surface area contributed by atoms with Crippen LogP contribution >= 0.6 is 0 Å². The molecule has 0 amide bonds. The number of rotatable bonds is 7. The highest BCUT2D eigenvalue weighted by Gasteiger charge is 2.08. The van der Waals surface area contributed by atoms with Gasteiger partial charge in [0.05, 0.1) is 18.7 Å². The van der Waals surface area contributed by atoms with Gasteiger partial charge in [0, 0.05) is 19.7 Å². The Morgan fingerprint density at radius 2 is 2.38 bits per heavy atom. The molecule has 0 atom stereocenters. The standard InChI is InChI=1S/C9H13F2N3O2/c1-14-5-7(12-13-14)4-8(15)2-3-16-6-9(10)11/h5,9H,2-4,6H2,1H3. The lowest BCUT2D eigenvalue weighted by atomic mass is 10.2. The average Bonchev–Trinajstić information content (AvgIpc) is 2.58. The molecule has 5 nitrogen and oxygen atoms in total. The largest absolute Gasteiger partial charge is 0.375 e. The summed E-state index contributed by atoms with van der Waals surface area (Å²) in [7, 11) is 1.70. The summed E-state index contributed by atoms with van der Waals surface area (Å²) in [5, 5.41) is 7.42. The molecule has 1 heterocycles. The van der Waals surface area contributed by atoms with Crippen LogP contribution in [0, 0.1) is 0 Å². The smallest absolute Gasteiger partial charge is 0.261 e. The van der Waals surface area contributed by atoms with Crippen molar-refractivity contribution in [1.82, 2.24) is 15.0 Å². The van der Waals surface area contributed by atoms with E-state index in [1.807, 2.05) is 0 Å². The Kier molecular flexibility index (Phi) is 4.97. The third kappa shape index (κ3) is 4.92. The van der Waals surface area contributed by atoms with E-state index in [1.165, 1.54) is 4.68 Å². The summed E-state index contributed by atoms with van der Waals surface area (Å²) in [4.78, 5) is 11.3. The van der Waals surface area contributed by atoms with Gasteiger partial charge in [-0.1, -0.05) is 5.21 Å². The van der Waals surface area contributed by atoms with Crippen LogP contribution in [-0.4, -0.2) is 40.4 Å². The number of alkyl halides is 2. The van der Waals surface area contributed by atoms with Crippen LogP contribution in [0.5, 0.6) is 0 Å². The van der Waals surface area contributed by atoms with Crippen molar-refractivity contribution in [2.24, 2.45) is 7.05 Å². The molecule has 1 rings (SSSR count). The number of Topliss-reactive ketones (excluding diaryl/α,β-unsaturated/α-hetero) is 1. The van der Waals surface area contributed by atoms with Gasteiger partial charge in [0.15, 0.2) is 0 Å². The number of nitrogens with zero attached hydrogens (tertiary/aromatic N) is 3. The molecule has 1 aromatic heterocycles. The Balaban J connectivity index is 2.16. The summed E-state index contributed by atoms with van der Waals surface area (Å²) in [6.45, 7) is -0.609. The van der Waals surface area contributed by atoms with E-state index in [1.54, 1.807) is 13.2 Å². The van der Waals surface area contributed by atoms with Crippen LogP contribution in [0.15, 0.2) is 6.20 Å². The van der Waals surface area contributed by atoms with Gasteiger partial charge in [0.25, 0.3) is 6.43 Å². The Morgan fingerprint density at radius 1 is 1.62 bits per heavy atom. The van der Waals surface area contributed by atoms with Crippen LogP contribution in [0.1, 0.15) is 12.1 Å². The molecule has 7 heteroatoms. The van der Waals surface area contributed by atoms with E-state index < -0.39 is 13.0 Å². The van der Waals surface area contributed by atoms with Crippen molar-refractivity contribution in [1.29, 1.82) is 0 Å². The SMILES string of the molecule is Cn1cc(CC(=O)CCOCC(F)F)nn1. The molecular formula is C9H13F2N3O2. The summed E-state index contributed by atoms with van der Waals surface area (Å²) >= 11 is 0. The summed E-state index contributed by atoms with van der Waals surface area (Å²) in [5.74, 6) is -0.102. The molecule has 0 aliphatic carbocycles. The maximum Gasteiger partial charge on any atom is 0.261 e. The molecule has 16 heavy (non-hydrogen) atoms. The Labute approximate surface area is 91.4 Å². The highest BCUT2D eigenvalue weighted by atomic mass is 19.3. The third-order valence-corrected chi connectivity index (χ3v) is 1.80. The van der Waals surface area contributed by atoms with E-state index in [9.17, 15) is 13.6 Å². The number of hydrogen-bond donors (Lipinski definition) is 0. The Bertz CT molecular complexity index is 341. The number of aromatic nitrogens is 3. The van der Waals surface area contributed by atoms with Gasteiger partial charge in [-0.2, -0.15) is 0 Å². The predicted molar refractivity (Wildman–Crippen MR) is 51.2 cm³/mol. The van der Waals surface area contributed by atoms with Gasteiger partial charge in [0.1, 0.15) is 12.4 Å². The number of carbonyl (C=O) groups excluding carboxylic acids is 1. The quantitative estimate of drug-likeness (QED) is 0.647. The van der Waals surface area contributed by atoms with Gasteiger partial charge >= 0.3 is 0 Å². The molecule has 0 fully saturated rings. The van der Waals surface area contributed by atoms with E-state index in [-0.39, 0.29) is 25.2 Å². The normalized spacial score (nSPS) is 11.0. The van der Waals surface area contributed by atoms with Crippen LogP contribution in [0.2, 0.25) is 0 Å². The van der Waals surface area contributed by atoms with Gasteiger partial charge < -0.3 is 4.74 Å². The van der Waals surface area contributed by atoms with Gasteiger partial charge in [0.2, 0.25) is 0 Å². The van der Waals surface area contributed by atoms with E-state index >= 15 is 0 Å². The number of ether oxygens (including phenoxy) is 1. The molecule has 0 radical (unpaired) electrons. The Hall–Kier alpha value is -1.37. The van der Waals surface area contributed by atoms with Crippen molar-refractivity contribution < 1.29 is 18.3 Å². The molecule has 1 aromatic rings. The van der Waals surface area contributed by atoms with E-state index in [4.69, 9.17) is 0 Å². The van der Waals surface area contributed by atoms with Crippen LogP contribution in [0.25, 0.3) is 0 Å². The fourth-order valence-corrected chi connectivity index (χ4v) is 1.13. The lowest BCUT2D eigenvalue weighted by Gasteiger charge is -2.01.